The van der Waals surface area contributed by atoms with E-state index in [0.717, 1.165) is 11.1 Å². The van der Waals surface area contributed by atoms with Gasteiger partial charge in [-0.1, -0.05) is 78.5 Å². The van der Waals surface area contributed by atoms with E-state index >= 15 is 0 Å². The van der Waals surface area contributed by atoms with E-state index in [1.807, 2.05) is 78.9 Å². The Hall–Kier alpha value is -3.58. The first-order valence-electron chi connectivity index (χ1n) is 9.79. The lowest BCUT2D eigenvalue weighted by Crippen LogP contribution is -2.21. The highest BCUT2D eigenvalue weighted by Gasteiger charge is 2.27. The van der Waals surface area contributed by atoms with Gasteiger partial charge in [-0.3, -0.25) is 4.79 Å². The molecular weight excluding hydrogens is 412 g/mol. The van der Waals surface area contributed by atoms with Crippen LogP contribution in [0.15, 0.2) is 88.5 Å². The van der Waals surface area contributed by atoms with Crippen LogP contribution in [0.5, 0.6) is 11.5 Å². The van der Waals surface area contributed by atoms with Gasteiger partial charge in [-0.05, 0) is 23.3 Å². The number of carbonyl (C=O) groups excluding carboxylic acids is 1. The number of benzene rings is 3. The molecule has 31 heavy (non-hydrogen) atoms. The second kappa shape index (κ2) is 8.65. The number of ketones is 1. The number of ether oxygens (including phenoxy) is 2. The molecule has 0 bridgehead atoms. The maximum absolute atomic E-state index is 12.6. The predicted molar refractivity (Wildman–Crippen MR) is 117 cm³/mol. The van der Waals surface area contributed by atoms with Gasteiger partial charge in [0.05, 0.1) is 5.75 Å². The van der Waals surface area contributed by atoms with E-state index in [-0.39, 0.29) is 18.1 Å². The zero-order chi connectivity index (χ0) is 21.0. The summed E-state index contributed by atoms with van der Waals surface area (Å²) >= 11 is 1.21. The van der Waals surface area contributed by atoms with E-state index in [9.17, 15) is 4.79 Å². The number of aromatic nitrogens is 2. The standard InChI is InChI=1S/C24H18N2O4S/c27-19(18-12-10-17(11-13-18)16-6-2-1-3-7-16)15-31-24-26-25-23(30-24)22-14-28-20-8-4-5-9-21(20)29-22/h1-13,22H,14-15H2. The number of rotatable bonds is 6. The second-order valence-electron chi connectivity index (χ2n) is 6.93. The minimum Gasteiger partial charge on any atom is -0.485 e. The zero-order valence-corrected chi connectivity index (χ0v) is 17.2. The molecule has 4 aromatic rings. The maximum atomic E-state index is 12.6. The minimum atomic E-state index is -0.474. The molecule has 0 fully saturated rings. The van der Waals surface area contributed by atoms with Crippen molar-refractivity contribution in [3.05, 3.63) is 90.3 Å². The van der Waals surface area contributed by atoms with Crippen LogP contribution in [0.4, 0.5) is 0 Å². The van der Waals surface area contributed by atoms with Crippen LogP contribution in [-0.4, -0.2) is 28.3 Å². The molecule has 2 heterocycles. The molecule has 6 nitrogen and oxygen atoms in total. The molecule has 1 aromatic heterocycles. The first-order chi connectivity index (χ1) is 15.3. The van der Waals surface area contributed by atoms with E-state index in [4.69, 9.17) is 13.9 Å². The van der Waals surface area contributed by atoms with Crippen LogP contribution < -0.4 is 9.47 Å². The molecule has 0 spiro atoms. The molecule has 1 aliphatic rings. The Kier molecular flexibility index (Phi) is 5.41. The van der Waals surface area contributed by atoms with Crippen molar-refractivity contribution >= 4 is 17.5 Å². The molecular formula is C24H18N2O4S. The summed E-state index contributed by atoms with van der Waals surface area (Å²) in [5.74, 6) is 1.86. The minimum absolute atomic E-state index is 0.00413. The molecule has 7 heteroatoms. The van der Waals surface area contributed by atoms with E-state index in [1.165, 1.54) is 11.8 Å². The fourth-order valence-corrected chi connectivity index (χ4v) is 3.90. The maximum Gasteiger partial charge on any atom is 0.277 e. The number of para-hydroxylation sites is 2. The third-order valence-electron chi connectivity index (χ3n) is 4.85. The molecule has 1 aliphatic heterocycles. The zero-order valence-electron chi connectivity index (χ0n) is 16.4. The van der Waals surface area contributed by atoms with Crippen molar-refractivity contribution in [1.29, 1.82) is 0 Å². The molecule has 154 valence electrons. The van der Waals surface area contributed by atoms with Gasteiger partial charge >= 0.3 is 0 Å². The van der Waals surface area contributed by atoms with Gasteiger partial charge in [0.1, 0.15) is 6.61 Å². The summed E-state index contributed by atoms with van der Waals surface area (Å²) in [6.07, 6.45) is -0.474. The Morgan fingerprint density at radius 2 is 1.58 bits per heavy atom. The van der Waals surface area contributed by atoms with Crippen molar-refractivity contribution in [2.45, 2.75) is 11.3 Å². The summed E-state index contributed by atoms with van der Waals surface area (Å²) < 4.78 is 17.2. The Labute approximate surface area is 183 Å². The van der Waals surface area contributed by atoms with Crippen molar-refractivity contribution in [1.82, 2.24) is 10.2 Å². The molecule has 1 atom stereocenters. The smallest absolute Gasteiger partial charge is 0.277 e. The molecule has 0 saturated heterocycles. The van der Waals surface area contributed by atoms with Crippen LogP contribution in [0.2, 0.25) is 0 Å². The second-order valence-corrected chi connectivity index (χ2v) is 7.85. The molecule has 0 radical (unpaired) electrons. The number of nitrogens with zero attached hydrogens (tertiary/aromatic N) is 2. The molecule has 3 aromatic carbocycles. The summed E-state index contributed by atoms with van der Waals surface area (Å²) in [5.41, 5.74) is 2.83. The first kappa shape index (κ1) is 19.4. The van der Waals surface area contributed by atoms with Gasteiger partial charge in [-0.25, -0.2) is 0 Å². The lowest BCUT2D eigenvalue weighted by molar-refractivity contribution is 0.0686. The van der Waals surface area contributed by atoms with E-state index in [1.54, 1.807) is 0 Å². The van der Waals surface area contributed by atoms with Crippen LogP contribution in [0.1, 0.15) is 22.4 Å². The number of carbonyl (C=O) groups is 1. The molecule has 0 saturated carbocycles. The van der Waals surface area contributed by atoms with Crippen molar-refractivity contribution in [3.63, 3.8) is 0 Å². The number of thioether (sulfide) groups is 1. The summed E-state index contributed by atoms with van der Waals surface area (Å²) in [5, 5.41) is 8.41. The van der Waals surface area contributed by atoms with Gasteiger partial charge in [0.2, 0.25) is 6.10 Å². The fourth-order valence-electron chi connectivity index (χ4n) is 3.24. The monoisotopic (exact) mass is 430 g/mol. The van der Waals surface area contributed by atoms with Gasteiger partial charge in [-0.15, -0.1) is 10.2 Å². The molecule has 1 unspecified atom stereocenters. The summed E-state index contributed by atoms with van der Waals surface area (Å²) in [7, 11) is 0. The van der Waals surface area contributed by atoms with Gasteiger partial charge in [-0.2, -0.15) is 0 Å². The van der Waals surface area contributed by atoms with E-state index in [2.05, 4.69) is 10.2 Å². The van der Waals surface area contributed by atoms with Gasteiger partial charge in [0.25, 0.3) is 11.1 Å². The third-order valence-corrected chi connectivity index (χ3v) is 5.67. The first-order valence-corrected chi connectivity index (χ1v) is 10.8. The normalized spacial score (nSPS) is 14.9. The predicted octanol–water partition coefficient (Wildman–Crippen LogP) is 5.22. The number of Topliss-reactive ketones (excluding diaryl/α,β-unsaturated/α-hetero) is 1. The Morgan fingerprint density at radius 3 is 2.39 bits per heavy atom. The highest BCUT2D eigenvalue weighted by Crippen LogP contribution is 2.36. The molecule has 0 N–H and O–H groups in total. The number of fused-ring (bicyclic) bond motifs is 1. The average molecular weight is 430 g/mol. The van der Waals surface area contributed by atoms with Crippen molar-refractivity contribution in [3.8, 4) is 22.6 Å². The summed E-state index contributed by atoms with van der Waals surface area (Å²) in [6.45, 7) is 0.288. The van der Waals surface area contributed by atoms with Crippen molar-refractivity contribution in [2.75, 3.05) is 12.4 Å². The van der Waals surface area contributed by atoms with E-state index in [0.29, 0.717) is 28.2 Å². The SMILES string of the molecule is O=C(CSc1nnc(C2COc3ccccc3O2)o1)c1ccc(-c2ccccc2)cc1. The highest BCUT2D eigenvalue weighted by atomic mass is 32.2. The molecule has 0 amide bonds. The Morgan fingerprint density at radius 1 is 0.871 bits per heavy atom. The van der Waals surface area contributed by atoms with Crippen LogP contribution in [0, 0.1) is 0 Å². The van der Waals surface area contributed by atoms with Crippen LogP contribution in [-0.2, 0) is 0 Å². The number of hydrogen-bond acceptors (Lipinski definition) is 7. The third kappa shape index (κ3) is 4.32. The highest BCUT2D eigenvalue weighted by molar-refractivity contribution is 7.99. The Bertz CT molecular complexity index is 1190. The van der Waals surface area contributed by atoms with Crippen LogP contribution in [0.25, 0.3) is 11.1 Å². The van der Waals surface area contributed by atoms with Gasteiger partial charge < -0.3 is 13.9 Å². The summed E-state index contributed by atoms with van der Waals surface area (Å²) in [6, 6.07) is 25.1. The largest absolute Gasteiger partial charge is 0.485 e. The van der Waals surface area contributed by atoms with Crippen molar-refractivity contribution < 1.29 is 18.7 Å². The average Bonchev–Trinajstić information content (AvgIpc) is 3.32. The van der Waals surface area contributed by atoms with Crippen LogP contribution in [0.3, 0.4) is 0 Å². The fraction of sp³-hybridized carbons (Fsp3) is 0.125. The quantitative estimate of drug-likeness (QED) is 0.306. The molecule has 0 aliphatic carbocycles. The van der Waals surface area contributed by atoms with Gasteiger partial charge in [0, 0.05) is 5.56 Å². The van der Waals surface area contributed by atoms with Gasteiger partial charge in [0.15, 0.2) is 17.3 Å². The lowest BCUT2D eigenvalue weighted by Gasteiger charge is -2.23. The lowest BCUT2D eigenvalue weighted by atomic mass is 10.0. The summed E-state index contributed by atoms with van der Waals surface area (Å²) in [4.78, 5) is 12.6. The van der Waals surface area contributed by atoms with Crippen molar-refractivity contribution in [2.24, 2.45) is 0 Å². The number of hydrogen-bond donors (Lipinski definition) is 0. The topological polar surface area (TPSA) is 74.5 Å². The van der Waals surface area contributed by atoms with Crippen LogP contribution >= 0.6 is 11.8 Å². The Balaban J connectivity index is 1.19. The molecule has 5 rings (SSSR count). The van der Waals surface area contributed by atoms with E-state index < -0.39 is 6.10 Å².